The molecule has 0 radical (unpaired) electrons. The van der Waals surface area contributed by atoms with Crippen molar-refractivity contribution in [3.8, 4) is 16.9 Å². The van der Waals surface area contributed by atoms with E-state index in [1.807, 2.05) is 36.4 Å². The molecule has 3 aromatic rings. The molecule has 0 N–H and O–H groups in total. The Kier molecular flexibility index (Phi) is 6.38. The number of hydrogen-bond donors (Lipinski definition) is 0. The van der Waals surface area contributed by atoms with Gasteiger partial charge in [-0.05, 0) is 43.3 Å². The second-order valence-corrected chi connectivity index (χ2v) is 10.0. The maximum Gasteiger partial charge on any atom is 0.329 e. The van der Waals surface area contributed by atoms with Crippen LogP contribution in [0.2, 0.25) is 15.1 Å². The lowest BCUT2D eigenvalue weighted by atomic mass is 9.95. The van der Waals surface area contributed by atoms with Crippen molar-refractivity contribution in [1.29, 1.82) is 0 Å². The SMILES string of the molecule is CN1CCC(Oc2cc(-c3ccccc3Cl)c3c(c2)N(c2c(Cl)cccc2Cl)C(=O)N(C)C3)C1. The third-order valence-corrected chi connectivity index (χ3v) is 7.27. The van der Waals surface area contributed by atoms with E-state index in [1.165, 1.54) is 0 Å². The molecule has 2 heterocycles. The van der Waals surface area contributed by atoms with Crippen molar-refractivity contribution in [2.24, 2.45) is 0 Å². The standard InChI is InChI=1S/C26H24Cl3N3O2/c1-30-11-10-16(14-30)34-17-12-19(18-6-3-4-7-21(18)27)20-15-31(2)26(33)32(24(20)13-17)25-22(28)8-5-9-23(25)29/h3-9,12-13,16H,10-11,14-15H2,1-2H3. The average molecular weight is 517 g/mol. The van der Waals surface area contributed by atoms with Crippen LogP contribution in [-0.2, 0) is 6.54 Å². The summed E-state index contributed by atoms with van der Waals surface area (Å²) in [4.78, 5) is 18.9. The van der Waals surface area contributed by atoms with Crippen LogP contribution in [0.15, 0.2) is 54.6 Å². The zero-order valence-electron chi connectivity index (χ0n) is 18.9. The van der Waals surface area contributed by atoms with Crippen molar-refractivity contribution in [2.45, 2.75) is 19.1 Å². The summed E-state index contributed by atoms with van der Waals surface area (Å²) in [6.07, 6.45) is 1.01. The number of likely N-dealkylation sites (tertiary alicyclic amines) is 1. The Morgan fingerprint density at radius 1 is 0.912 bits per heavy atom. The first-order valence-electron chi connectivity index (χ1n) is 11.1. The van der Waals surface area contributed by atoms with Crippen molar-refractivity contribution < 1.29 is 9.53 Å². The molecule has 0 aliphatic carbocycles. The molecule has 2 aliphatic heterocycles. The zero-order chi connectivity index (χ0) is 24.0. The number of fused-ring (bicyclic) bond motifs is 1. The van der Waals surface area contributed by atoms with Crippen LogP contribution in [0.5, 0.6) is 5.75 Å². The molecule has 2 aliphatic rings. The molecule has 5 rings (SSSR count). The number of ether oxygens (including phenoxy) is 1. The highest BCUT2D eigenvalue weighted by atomic mass is 35.5. The monoisotopic (exact) mass is 515 g/mol. The average Bonchev–Trinajstić information content (AvgIpc) is 3.21. The van der Waals surface area contributed by atoms with Crippen LogP contribution >= 0.6 is 34.8 Å². The summed E-state index contributed by atoms with van der Waals surface area (Å²) in [7, 11) is 3.85. The summed E-state index contributed by atoms with van der Waals surface area (Å²) in [6.45, 7) is 2.25. The number of likely N-dealkylation sites (N-methyl/N-ethyl adjacent to an activating group) is 1. The Hall–Kier alpha value is -2.44. The van der Waals surface area contributed by atoms with Crippen LogP contribution in [-0.4, -0.2) is 49.1 Å². The molecule has 0 bridgehead atoms. The molecular formula is C26H24Cl3N3O2. The summed E-state index contributed by atoms with van der Waals surface area (Å²) in [5.41, 5.74) is 3.88. The molecule has 1 atom stereocenters. The normalized spacial score (nSPS) is 18.4. The molecule has 34 heavy (non-hydrogen) atoms. The first kappa shape index (κ1) is 23.3. The minimum absolute atomic E-state index is 0.0708. The third kappa shape index (κ3) is 4.22. The van der Waals surface area contributed by atoms with Crippen molar-refractivity contribution in [2.75, 3.05) is 32.1 Å². The van der Waals surface area contributed by atoms with E-state index in [1.54, 1.807) is 35.0 Å². The van der Waals surface area contributed by atoms with Gasteiger partial charge in [-0.3, -0.25) is 4.90 Å². The Bertz CT molecular complexity index is 1250. The molecule has 0 saturated carbocycles. The smallest absolute Gasteiger partial charge is 0.329 e. The van der Waals surface area contributed by atoms with Gasteiger partial charge in [0.1, 0.15) is 11.9 Å². The van der Waals surface area contributed by atoms with Gasteiger partial charge in [-0.25, -0.2) is 4.79 Å². The largest absolute Gasteiger partial charge is 0.489 e. The molecule has 0 aromatic heterocycles. The summed E-state index contributed by atoms with van der Waals surface area (Å²) in [6, 6.07) is 16.6. The van der Waals surface area contributed by atoms with E-state index in [-0.39, 0.29) is 12.1 Å². The van der Waals surface area contributed by atoms with E-state index in [9.17, 15) is 4.79 Å². The van der Waals surface area contributed by atoms with Gasteiger partial charge in [-0.15, -0.1) is 0 Å². The van der Waals surface area contributed by atoms with Gasteiger partial charge in [0.15, 0.2) is 0 Å². The maximum atomic E-state index is 13.5. The number of urea groups is 1. The Morgan fingerprint density at radius 3 is 2.29 bits per heavy atom. The molecule has 1 unspecified atom stereocenters. The maximum absolute atomic E-state index is 13.5. The second kappa shape index (κ2) is 9.31. The molecule has 8 heteroatoms. The minimum atomic E-state index is -0.217. The number of carbonyl (C=O) groups excluding carboxylic acids is 1. The van der Waals surface area contributed by atoms with Gasteiger partial charge in [0.2, 0.25) is 0 Å². The number of anilines is 2. The molecule has 0 spiro atoms. The topological polar surface area (TPSA) is 36.0 Å². The van der Waals surface area contributed by atoms with E-state index in [0.29, 0.717) is 38.7 Å². The molecule has 1 fully saturated rings. The third-order valence-electron chi connectivity index (χ3n) is 6.33. The number of carbonyl (C=O) groups is 1. The number of nitrogens with zero attached hydrogens (tertiary/aromatic N) is 3. The van der Waals surface area contributed by atoms with Crippen molar-refractivity contribution in [3.63, 3.8) is 0 Å². The lowest BCUT2D eigenvalue weighted by Gasteiger charge is -2.37. The summed E-state index contributed by atoms with van der Waals surface area (Å²) in [5.74, 6) is 0.680. The van der Waals surface area contributed by atoms with Gasteiger partial charge in [-0.1, -0.05) is 59.1 Å². The van der Waals surface area contributed by atoms with Crippen LogP contribution < -0.4 is 9.64 Å². The highest BCUT2D eigenvalue weighted by Crippen LogP contribution is 2.47. The number of amides is 2. The molecule has 1 saturated heterocycles. The fraction of sp³-hybridized carbons (Fsp3) is 0.269. The van der Waals surface area contributed by atoms with Gasteiger partial charge in [0, 0.05) is 48.9 Å². The predicted octanol–water partition coefficient (Wildman–Crippen LogP) is 7.10. The highest BCUT2D eigenvalue weighted by Gasteiger charge is 2.35. The van der Waals surface area contributed by atoms with Crippen LogP contribution in [0.4, 0.5) is 16.2 Å². The number of halogens is 3. The van der Waals surface area contributed by atoms with Crippen LogP contribution in [0, 0.1) is 0 Å². The van der Waals surface area contributed by atoms with Gasteiger partial charge < -0.3 is 14.5 Å². The van der Waals surface area contributed by atoms with Gasteiger partial charge in [0.25, 0.3) is 0 Å². The number of para-hydroxylation sites is 1. The van der Waals surface area contributed by atoms with E-state index >= 15 is 0 Å². The van der Waals surface area contributed by atoms with Crippen LogP contribution in [0.25, 0.3) is 11.1 Å². The number of rotatable bonds is 4. The highest BCUT2D eigenvalue weighted by molar-refractivity contribution is 6.40. The van der Waals surface area contributed by atoms with Gasteiger partial charge in [-0.2, -0.15) is 0 Å². The first-order chi connectivity index (χ1) is 16.3. The van der Waals surface area contributed by atoms with E-state index in [0.717, 1.165) is 36.2 Å². The lowest BCUT2D eigenvalue weighted by molar-refractivity contribution is 0.207. The number of hydrogen-bond acceptors (Lipinski definition) is 3. The van der Waals surface area contributed by atoms with Crippen molar-refractivity contribution in [1.82, 2.24) is 9.80 Å². The molecule has 176 valence electrons. The number of benzene rings is 3. The van der Waals surface area contributed by atoms with Crippen molar-refractivity contribution in [3.05, 3.63) is 75.2 Å². The van der Waals surface area contributed by atoms with Gasteiger partial charge >= 0.3 is 6.03 Å². The van der Waals surface area contributed by atoms with E-state index in [2.05, 4.69) is 11.9 Å². The summed E-state index contributed by atoms with van der Waals surface area (Å²) < 4.78 is 6.42. The first-order valence-corrected chi connectivity index (χ1v) is 12.2. The van der Waals surface area contributed by atoms with Crippen LogP contribution in [0.3, 0.4) is 0 Å². The zero-order valence-corrected chi connectivity index (χ0v) is 21.2. The molecule has 3 aromatic carbocycles. The minimum Gasteiger partial charge on any atom is -0.489 e. The fourth-order valence-corrected chi connectivity index (χ4v) is 5.47. The molecule has 2 amide bonds. The Balaban J connectivity index is 1.73. The predicted molar refractivity (Wildman–Crippen MR) is 139 cm³/mol. The summed E-state index contributed by atoms with van der Waals surface area (Å²) >= 11 is 19.8. The van der Waals surface area contributed by atoms with Crippen LogP contribution in [0.1, 0.15) is 12.0 Å². The van der Waals surface area contributed by atoms with Crippen molar-refractivity contribution >= 4 is 52.2 Å². The second-order valence-electron chi connectivity index (χ2n) is 8.78. The van der Waals surface area contributed by atoms with E-state index in [4.69, 9.17) is 39.5 Å². The molecular weight excluding hydrogens is 493 g/mol. The lowest BCUT2D eigenvalue weighted by Crippen LogP contribution is -2.43. The fourth-order valence-electron chi connectivity index (χ4n) is 4.67. The molecule has 5 nitrogen and oxygen atoms in total. The van der Waals surface area contributed by atoms with Gasteiger partial charge in [0.05, 0.1) is 21.4 Å². The van der Waals surface area contributed by atoms with E-state index < -0.39 is 0 Å². The Morgan fingerprint density at radius 2 is 1.62 bits per heavy atom. The quantitative estimate of drug-likeness (QED) is 0.371. The Labute approximate surface area is 214 Å². The summed E-state index contributed by atoms with van der Waals surface area (Å²) in [5, 5.41) is 1.42.